The molecule has 23 heavy (non-hydrogen) atoms. The molecule has 6 heteroatoms. The highest BCUT2D eigenvalue weighted by atomic mass is 16.6. The third-order valence-corrected chi connectivity index (χ3v) is 3.35. The summed E-state index contributed by atoms with van der Waals surface area (Å²) in [6, 6.07) is 10.3. The van der Waals surface area contributed by atoms with Crippen LogP contribution >= 0.6 is 0 Å². The second kappa shape index (κ2) is 6.91. The van der Waals surface area contributed by atoms with Crippen LogP contribution in [0, 0.1) is 30.9 Å². The molecule has 0 bridgehead atoms. The summed E-state index contributed by atoms with van der Waals surface area (Å²) in [5, 5.41) is 13.6. The van der Waals surface area contributed by atoms with Crippen LogP contribution in [-0.4, -0.2) is 17.4 Å². The number of nitro groups is 1. The van der Waals surface area contributed by atoms with E-state index < -0.39 is 4.92 Å². The van der Waals surface area contributed by atoms with Crippen molar-refractivity contribution in [1.29, 1.82) is 0 Å². The average molecular weight is 314 g/mol. The maximum Gasteiger partial charge on any atom is 0.270 e. The first-order valence-corrected chi connectivity index (χ1v) is 7.12. The van der Waals surface area contributed by atoms with Crippen molar-refractivity contribution < 1.29 is 14.5 Å². The molecule has 120 valence electrons. The summed E-state index contributed by atoms with van der Waals surface area (Å²) in [5.74, 6) is 0.309. The Morgan fingerprint density at radius 3 is 2.39 bits per heavy atom. The van der Waals surface area contributed by atoms with E-state index in [-0.39, 0.29) is 18.2 Å². The Balaban J connectivity index is 2.04. The van der Waals surface area contributed by atoms with E-state index >= 15 is 0 Å². The van der Waals surface area contributed by atoms with Gasteiger partial charge in [0.1, 0.15) is 5.75 Å². The molecule has 0 saturated carbocycles. The zero-order valence-electron chi connectivity index (χ0n) is 13.3. The van der Waals surface area contributed by atoms with Gasteiger partial charge in [-0.25, -0.2) is 0 Å². The summed E-state index contributed by atoms with van der Waals surface area (Å²) in [6.45, 7) is 5.25. The lowest BCUT2D eigenvalue weighted by Gasteiger charge is -2.12. The summed E-state index contributed by atoms with van der Waals surface area (Å²) in [6.07, 6.45) is 0. The summed E-state index contributed by atoms with van der Waals surface area (Å²) in [5.41, 5.74) is 2.91. The second-order valence-electron chi connectivity index (χ2n) is 5.37. The topological polar surface area (TPSA) is 81.5 Å². The van der Waals surface area contributed by atoms with Crippen molar-refractivity contribution in [3.8, 4) is 5.75 Å². The van der Waals surface area contributed by atoms with Gasteiger partial charge in [-0.3, -0.25) is 14.9 Å². The fourth-order valence-electron chi connectivity index (χ4n) is 2.27. The first-order chi connectivity index (χ1) is 10.9. The van der Waals surface area contributed by atoms with Crippen molar-refractivity contribution in [1.82, 2.24) is 0 Å². The highest BCUT2D eigenvalue weighted by Gasteiger charge is 2.14. The number of aryl methyl sites for hydroxylation is 3. The molecule has 2 rings (SSSR count). The van der Waals surface area contributed by atoms with Crippen LogP contribution in [0.25, 0.3) is 0 Å². The first kappa shape index (κ1) is 16.5. The lowest BCUT2D eigenvalue weighted by molar-refractivity contribution is -0.384. The molecule has 0 spiro atoms. The molecule has 0 aromatic heterocycles. The summed E-state index contributed by atoms with van der Waals surface area (Å²) >= 11 is 0. The molecule has 0 fully saturated rings. The van der Waals surface area contributed by atoms with Gasteiger partial charge in [0.25, 0.3) is 11.6 Å². The van der Waals surface area contributed by atoms with Crippen molar-refractivity contribution in [3.63, 3.8) is 0 Å². The van der Waals surface area contributed by atoms with Crippen LogP contribution in [0.1, 0.15) is 16.7 Å². The first-order valence-electron chi connectivity index (χ1n) is 7.12. The third-order valence-electron chi connectivity index (χ3n) is 3.35. The molecule has 1 N–H and O–H groups in total. The summed E-state index contributed by atoms with van der Waals surface area (Å²) in [4.78, 5) is 22.4. The molecular weight excluding hydrogens is 296 g/mol. The van der Waals surface area contributed by atoms with Crippen LogP contribution in [0.15, 0.2) is 36.4 Å². The van der Waals surface area contributed by atoms with Gasteiger partial charge in [0, 0.05) is 17.8 Å². The Bertz CT molecular complexity index is 733. The molecule has 1 amide bonds. The quantitative estimate of drug-likeness (QED) is 0.676. The van der Waals surface area contributed by atoms with Crippen molar-refractivity contribution in [2.75, 3.05) is 11.9 Å². The van der Waals surface area contributed by atoms with E-state index in [1.165, 1.54) is 12.1 Å². The van der Waals surface area contributed by atoms with Crippen molar-refractivity contribution >= 4 is 17.3 Å². The van der Waals surface area contributed by atoms with Gasteiger partial charge < -0.3 is 10.1 Å². The van der Waals surface area contributed by atoms with Crippen molar-refractivity contribution in [2.24, 2.45) is 0 Å². The van der Waals surface area contributed by atoms with Crippen LogP contribution in [-0.2, 0) is 4.79 Å². The molecule has 0 saturated heterocycles. The number of carbonyl (C=O) groups excluding carboxylic acids is 1. The van der Waals surface area contributed by atoms with Crippen LogP contribution < -0.4 is 10.1 Å². The number of hydrogen-bond donors (Lipinski definition) is 1. The Kier molecular flexibility index (Phi) is 4.95. The molecule has 0 unspecified atom stereocenters. The number of non-ortho nitro benzene ring substituents is 1. The molecule has 0 atom stereocenters. The number of carbonyl (C=O) groups is 1. The zero-order chi connectivity index (χ0) is 17.0. The number of ether oxygens (including phenoxy) is 1. The van der Waals surface area contributed by atoms with Crippen LogP contribution in [0.2, 0.25) is 0 Å². The minimum Gasteiger partial charge on any atom is -0.484 e. The van der Waals surface area contributed by atoms with Gasteiger partial charge in [-0.1, -0.05) is 12.1 Å². The molecule has 0 aliphatic heterocycles. The fraction of sp³-hybridized carbons (Fsp3) is 0.235. The van der Waals surface area contributed by atoms with E-state index in [2.05, 4.69) is 5.32 Å². The third kappa shape index (κ3) is 4.29. The van der Waals surface area contributed by atoms with Crippen LogP contribution in [0.5, 0.6) is 5.75 Å². The zero-order valence-corrected chi connectivity index (χ0v) is 13.3. The maximum absolute atomic E-state index is 12.0. The monoisotopic (exact) mass is 314 g/mol. The molecule has 0 aliphatic rings. The second-order valence-corrected chi connectivity index (χ2v) is 5.37. The van der Waals surface area contributed by atoms with Gasteiger partial charge in [-0.05, 0) is 49.6 Å². The van der Waals surface area contributed by atoms with Crippen LogP contribution in [0.3, 0.4) is 0 Å². The van der Waals surface area contributed by atoms with Gasteiger partial charge in [0.15, 0.2) is 6.61 Å². The Morgan fingerprint density at radius 1 is 1.17 bits per heavy atom. The highest BCUT2D eigenvalue weighted by molar-refractivity contribution is 5.93. The van der Waals surface area contributed by atoms with E-state index in [0.717, 1.165) is 5.56 Å². The molecule has 6 nitrogen and oxygen atoms in total. The van der Waals surface area contributed by atoms with Gasteiger partial charge in [0.05, 0.1) is 4.92 Å². The minimum atomic E-state index is -0.452. The Morgan fingerprint density at radius 2 is 1.83 bits per heavy atom. The normalized spacial score (nSPS) is 10.2. The van der Waals surface area contributed by atoms with E-state index in [1.54, 1.807) is 19.9 Å². The average Bonchev–Trinajstić information content (AvgIpc) is 2.48. The SMILES string of the molecule is Cc1cccc(OCC(=O)Nc2c(C)cc([N+](=O)[O-])cc2C)c1. The number of rotatable bonds is 5. The van der Waals surface area contributed by atoms with Gasteiger partial charge in [-0.2, -0.15) is 0 Å². The molecule has 0 aliphatic carbocycles. The summed E-state index contributed by atoms with van der Waals surface area (Å²) in [7, 11) is 0. The van der Waals surface area contributed by atoms with Gasteiger partial charge >= 0.3 is 0 Å². The van der Waals surface area contributed by atoms with Crippen molar-refractivity contribution in [2.45, 2.75) is 20.8 Å². The highest BCUT2D eigenvalue weighted by Crippen LogP contribution is 2.26. The Hall–Kier alpha value is -2.89. The molecule has 0 radical (unpaired) electrons. The van der Waals surface area contributed by atoms with Gasteiger partial charge in [0.2, 0.25) is 0 Å². The number of nitro benzene ring substituents is 1. The van der Waals surface area contributed by atoms with E-state index in [0.29, 0.717) is 22.6 Å². The molecular formula is C17H18N2O4. The van der Waals surface area contributed by atoms with E-state index in [4.69, 9.17) is 4.74 Å². The number of benzene rings is 2. The lowest BCUT2D eigenvalue weighted by atomic mass is 10.1. The number of nitrogens with one attached hydrogen (secondary N) is 1. The predicted molar refractivity (Wildman–Crippen MR) is 87.9 cm³/mol. The number of anilines is 1. The van der Waals surface area contributed by atoms with E-state index in [9.17, 15) is 14.9 Å². The summed E-state index contributed by atoms with van der Waals surface area (Å²) < 4.78 is 5.44. The number of amides is 1. The van der Waals surface area contributed by atoms with Crippen LogP contribution in [0.4, 0.5) is 11.4 Å². The predicted octanol–water partition coefficient (Wildman–Crippen LogP) is 3.54. The van der Waals surface area contributed by atoms with Gasteiger partial charge in [-0.15, -0.1) is 0 Å². The molecule has 2 aromatic carbocycles. The van der Waals surface area contributed by atoms with E-state index in [1.807, 2.05) is 25.1 Å². The smallest absolute Gasteiger partial charge is 0.270 e. The van der Waals surface area contributed by atoms with Crippen molar-refractivity contribution in [3.05, 3.63) is 63.2 Å². The Labute approximate surface area is 134 Å². The molecule has 2 aromatic rings. The lowest BCUT2D eigenvalue weighted by Crippen LogP contribution is -2.21. The maximum atomic E-state index is 12.0. The molecule has 0 heterocycles. The largest absolute Gasteiger partial charge is 0.484 e. The standard InChI is InChI=1S/C17H18N2O4/c1-11-5-4-6-15(7-11)23-10-16(20)18-17-12(2)8-14(19(21)22)9-13(17)3/h4-9H,10H2,1-3H3,(H,18,20). The number of hydrogen-bond acceptors (Lipinski definition) is 4. The fourth-order valence-corrected chi connectivity index (χ4v) is 2.27. The minimum absolute atomic E-state index is 0.00834. The number of nitrogens with zero attached hydrogens (tertiary/aromatic N) is 1.